The minimum atomic E-state index is -4.47. The van der Waals surface area contributed by atoms with E-state index in [0.29, 0.717) is 11.1 Å². The molecule has 1 aliphatic carbocycles. The van der Waals surface area contributed by atoms with Crippen molar-refractivity contribution < 1.29 is 31.1 Å². The SMILES string of the molecule is CC1=Cc2c(ccc(C(F)(F)F)c2-c2ccccc2)[CH]1[Zr]([Cl])([Cl])[c]1cccc2c1[SiH2]c1ccccc1-2. The maximum atomic E-state index is 14.1. The van der Waals surface area contributed by atoms with Gasteiger partial charge in [-0.25, -0.2) is 0 Å². The monoisotopic (exact) mass is 614 g/mol. The summed E-state index contributed by atoms with van der Waals surface area (Å²) in [6.45, 7) is 1.96. The summed E-state index contributed by atoms with van der Waals surface area (Å²) in [5, 5.41) is 2.69. The summed E-state index contributed by atoms with van der Waals surface area (Å²) >= 11 is -4.18. The van der Waals surface area contributed by atoms with E-state index in [1.807, 2.05) is 19.1 Å². The second kappa shape index (κ2) is 8.84. The first-order chi connectivity index (χ1) is 17.2. The Morgan fingerprint density at radius 3 is 2.25 bits per heavy atom. The van der Waals surface area contributed by atoms with Gasteiger partial charge in [-0.3, -0.25) is 0 Å². The summed E-state index contributed by atoms with van der Waals surface area (Å²) in [5.41, 5.74) is 4.94. The standard InChI is InChI=1S/C17H12F3.C12H9Si.2ClH.Zr/c1-11-9-13-7-8-15(17(18,19)20)16(14(13)10-11)12-5-3-2-4-6-12;1-3-7-11-9(5-1)10-6-2-4-8-12(10)13-11;;;/h2-10H,1H3;1-7H,13H2;2*1H;/q;;;;+2/p-2. The van der Waals surface area contributed by atoms with Crippen LogP contribution in [-0.2, 0) is 24.1 Å². The Hall–Kier alpha value is -1.91. The van der Waals surface area contributed by atoms with Crippen molar-refractivity contribution in [2.45, 2.75) is 16.7 Å². The predicted molar refractivity (Wildman–Crippen MR) is 144 cm³/mol. The molecule has 0 fully saturated rings. The molecule has 0 saturated carbocycles. The van der Waals surface area contributed by atoms with Crippen molar-refractivity contribution in [1.82, 2.24) is 0 Å². The van der Waals surface area contributed by atoms with Crippen molar-refractivity contribution in [3.63, 3.8) is 0 Å². The topological polar surface area (TPSA) is 0 Å². The van der Waals surface area contributed by atoms with E-state index in [-0.39, 0.29) is 9.19 Å². The quantitative estimate of drug-likeness (QED) is 0.198. The average Bonchev–Trinajstić information content (AvgIpc) is 3.40. The van der Waals surface area contributed by atoms with Crippen LogP contribution in [0.15, 0.2) is 90.5 Å². The average molecular weight is 617 g/mol. The van der Waals surface area contributed by atoms with Gasteiger partial charge in [0.2, 0.25) is 0 Å². The van der Waals surface area contributed by atoms with Crippen LogP contribution in [0.25, 0.3) is 28.3 Å². The Bertz CT molecular complexity index is 1540. The normalized spacial score (nSPS) is 17.1. The molecule has 1 aliphatic heterocycles. The molecule has 36 heavy (non-hydrogen) atoms. The van der Waals surface area contributed by atoms with Gasteiger partial charge in [0.15, 0.2) is 0 Å². The van der Waals surface area contributed by atoms with Crippen LogP contribution < -0.4 is 13.6 Å². The van der Waals surface area contributed by atoms with Gasteiger partial charge in [0, 0.05) is 0 Å². The van der Waals surface area contributed by atoms with Crippen LogP contribution in [0.5, 0.6) is 0 Å². The Labute approximate surface area is 222 Å². The fourth-order valence-electron chi connectivity index (χ4n) is 5.86. The van der Waals surface area contributed by atoms with Crippen molar-refractivity contribution in [1.29, 1.82) is 0 Å². The third-order valence-corrected chi connectivity index (χ3v) is 21.9. The summed E-state index contributed by atoms with van der Waals surface area (Å²) in [7, 11) is 14.2. The second-order valence-electron chi connectivity index (χ2n) is 9.46. The van der Waals surface area contributed by atoms with Gasteiger partial charge in [-0.1, -0.05) is 0 Å². The summed E-state index contributed by atoms with van der Waals surface area (Å²) in [4.78, 5) is 0. The molecule has 4 aromatic carbocycles. The number of hydrogen-bond acceptors (Lipinski definition) is 0. The van der Waals surface area contributed by atoms with E-state index in [2.05, 4.69) is 36.4 Å². The van der Waals surface area contributed by atoms with Gasteiger partial charge in [0.05, 0.1) is 0 Å². The van der Waals surface area contributed by atoms with Crippen LogP contribution in [0.2, 0.25) is 0 Å². The molecule has 0 bridgehead atoms. The molecule has 0 radical (unpaired) electrons. The summed E-state index contributed by atoms with van der Waals surface area (Å²) in [6, 6.07) is 26.3. The first-order valence-electron chi connectivity index (χ1n) is 11.7. The molecule has 1 atom stereocenters. The van der Waals surface area contributed by atoms with Crippen LogP contribution in [0, 0.1) is 0 Å². The van der Waals surface area contributed by atoms with Gasteiger partial charge in [-0.15, -0.1) is 0 Å². The molecule has 2 aliphatic rings. The van der Waals surface area contributed by atoms with E-state index in [0.717, 1.165) is 14.4 Å². The zero-order chi connectivity index (χ0) is 25.2. The number of rotatable bonds is 3. The molecule has 7 heteroatoms. The van der Waals surface area contributed by atoms with Gasteiger partial charge in [-0.05, 0) is 0 Å². The maximum absolute atomic E-state index is 14.1. The number of alkyl halides is 3. The van der Waals surface area contributed by atoms with Crippen LogP contribution in [0.1, 0.15) is 27.2 Å². The van der Waals surface area contributed by atoms with E-state index >= 15 is 0 Å². The number of fused-ring (bicyclic) bond motifs is 4. The van der Waals surface area contributed by atoms with Crippen LogP contribution in [0.3, 0.4) is 0 Å². The predicted octanol–water partition coefficient (Wildman–Crippen LogP) is 6.72. The van der Waals surface area contributed by atoms with E-state index in [4.69, 9.17) is 17.0 Å². The molecular formula is C29H21Cl2F3SiZr. The van der Waals surface area contributed by atoms with Gasteiger partial charge in [0.25, 0.3) is 0 Å². The van der Waals surface area contributed by atoms with Crippen LogP contribution in [-0.4, -0.2) is 9.52 Å². The van der Waals surface area contributed by atoms with Crippen molar-refractivity contribution in [2.75, 3.05) is 0 Å². The number of benzene rings is 4. The zero-order valence-corrected chi connectivity index (χ0v) is 24.7. The first-order valence-corrected chi connectivity index (χ1v) is 22.1. The molecule has 0 saturated heterocycles. The van der Waals surface area contributed by atoms with E-state index < -0.39 is 39.1 Å². The van der Waals surface area contributed by atoms with Gasteiger partial charge in [0.1, 0.15) is 0 Å². The van der Waals surface area contributed by atoms with Gasteiger partial charge >= 0.3 is 223 Å². The van der Waals surface area contributed by atoms with E-state index in [1.54, 1.807) is 36.4 Å². The Morgan fingerprint density at radius 1 is 0.806 bits per heavy atom. The molecule has 6 rings (SSSR count). The van der Waals surface area contributed by atoms with Crippen LogP contribution >= 0.6 is 17.0 Å². The van der Waals surface area contributed by atoms with Crippen molar-refractivity contribution in [2.24, 2.45) is 0 Å². The molecule has 0 N–H and O–H groups in total. The molecule has 1 heterocycles. The molecule has 1 unspecified atom stereocenters. The van der Waals surface area contributed by atoms with Crippen LogP contribution in [0.4, 0.5) is 13.2 Å². The first kappa shape index (κ1) is 24.4. The summed E-state index contributed by atoms with van der Waals surface area (Å²) in [5.74, 6) is 0. The molecule has 0 spiro atoms. The summed E-state index contributed by atoms with van der Waals surface area (Å²) in [6.07, 6.45) is -2.59. The molecule has 0 amide bonds. The second-order valence-corrected chi connectivity index (χ2v) is 25.3. The molecular weight excluding hydrogens is 596 g/mol. The number of hydrogen-bond donors (Lipinski definition) is 0. The Kier molecular flexibility index (Phi) is 6.00. The Balaban J connectivity index is 1.53. The van der Waals surface area contributed by atoms with Crippen molar-refractivity contribution >= 4 is 46.3 Å². The molecule has 4 aromatic rings. The number of halogens is 5. The van der Waals surface area contributed by atoms with Crippen molar-refractivity contribution in [3.05, 3.63) is 107 Å². The fraction of sp³-hybridized carbons (Fsp3) is 0.103. The van der Waals surface area contributed by atoms with Gasteiger partial charge < -0.3 is 0 Å². The summed E-state index contributed by atoms with van der Waals surface area (Å²) < 4.78 is 43.2. The number of allylic oxidation sites excluding steroid dienone is 1. The third kappa shape index (κ3) is 3.82. The third-order valence-electron chi connectivity index (χ3n) is 7.36. The minimum absolute atomic E-state index is 0.206. The fourth-order valence-corrected chi connectivity index (χ4v) is 23.0. The Morgan fingerprint density at radius 2 is 1.50 bits per heavy atom. The zero-order valence-electron chi connectivity index (χ0n) is 19.3. The molecule has 0 aromatic heterocycles. The molecule has 180 valence electrons. The molecule has 0 nitrogen and oxygen atoms in total. The van der Waals surface area contributed by atoms with E-state index in [9.17, 15) is 13.2 Å². The van der Waals surface area contributed by atoms with Gasteiger partial charge in [-0.2, -0.15) is 0 Å². The van der Waals surface area contributed by atoms with Crippen molar-refractivity contribution in [3.8, 4) is 22.3 Å². The van der Waals surface area contributed by atoms with E-state index in [1.165, 1.54) is 27.6 Å².